The Bertz CT molecular complexity index is 401. The van der Waals surface area contributed by atoms with Crippen LogP contribution in [-0.2, 0) is 4.74 Å². The zero-order valence-corrected chi connectivity index (χ0v) is 9.87. The molecular weight excluding hydrogens is 262 g/mol. The highest BCUT2D eigenvalue weighted by atomic mass is 79.9. The monoisotopic (exact) mass is 273 g/mol. The largest absolute Gasteiger partial charge is 0.381 e. The van der Waals surface area contributed by atoms with Crippen molar-refractivity contribution < 1.29 is 4.74 Å². The van der Waals surface area contributed by atoms with Gasteiger partial charge in [-0.05, 0) is 28.8 Å². The fourth-order valence-electron chi connectivity index (χ4n) is 1.55. The van der Waals surface area contributed by atoms with Crippen molar-refractivity contribution in [3.63, 3.8) is 0 Å². The Morgan fingerprint density at radius 3 is 3.07 bits per heavy atom. The lowest BCUT2D eigenvalue weighted by molar-refractivity contribution is 0.0327. The summed E-state index contributed by atoms with van der Waals surface area (Å²) in [7, 11) is 1.71. The van der Waals surface area contributed by atoms with Crippen LogP contribution in [0.4, 0.5) is 5.82 Å². The van der Waals surface area contributed by atoms with E-state index in [-0.39, 0.29) is 5.56 Å². The first-order valence-electron chi connectivity index (χ1n) is 4.73. The summed E-state index contributed by atoms with van der Waals surface area (Å²) in [5.41, 5.74) is -0.171. The quantitative estimate of drug-likeness (QED) is 0.866. The van der Waals surface area contributed by atoms with Gasteiger partial charge in [0.2, 0.25) is 0 Å². The molecule has 0 radical (unpaired) electrons. The Hall–Kier alpha value is -0.880. The van der Waals surface area contributed by atoms with Gasteiger partial charge in [0, 0.05) is 13.2 Å². The second kappa shape index (κ2) is 4.32. The van der Waals surface area contributed by atoms with Gasteiger partial charge in [-0.25, -0.2) is 4.98 Å². The van der Waals surface area contributed by atoms with E-state index in [2.05, 4.69) is 31.2 Å². The summed E-state index contributed by atoms with van der Waals surface area (Å²) in [6, 6.07) is 0.348. The van der Waals surface area contributed by atoms with Crippen LogP contribution >= 0.6 is 15.9 Å². The molecule has 0 aromatic carbocycles. The average molecular weight is 274 g/mol. The number of rotatable bonds is 3. The van der Waals surface area contributed by atoms with Gasteiger partial charge in [0.05, 0.1) is 12.4 Å². The second-order valence-electron chi connectivity index (χ2n) is 3.56. The zero-order valence-electron chi connectivity index (χ0n) is 8.29. The van der Waals surface area contributed by atoms with Gasteiger partial charge in [-0.15, -0.1) is 0 Å². The van der Waals surface area contributed by atoms with E-state index in [9.17, 15) is 4.79 Å². The first-order chi connectivity index (χ1) is 7.20. The Kier molecular flexibility index (Phi) is 3.06. The molecule has 0 atom stereocenters. The minimum absolute atomic E-state index is 0.171. The van der Waals surface area contributed by atoms with E-state index in [0.29, 0.717) is 22.4 Å². The van der Waals surface area contributed by atoms with Crippen LogP contribution in [0.1, 0.15) is 12.8 Å². The fraction of sp³-hybridized carbons (Fsp3) is 0.556. The maximum atomic E-state index is 11.2. The topological polar surface area (TPSA) is 67.0 Å². The van der Waals surface area contributed by atoms with Crippen molar-refractivity contribution in [1.82, 2.24) is 9.97 Å². The van der Waals surface area contributed by atoms with Gasteiger partial charge in [0.15, 0.2) is 0 Å². The van der Waals surface area contributed by atoms with Crippen molar-refractivity contribution in [2.75, 3.05) is 12.4 Å². The lowest BCUT2D eigenvalue weighted by Crippen LogP contribution is -2.40. The molecule has 0 aliphatic heterocycles. The number of ether oxygens (including phenoxy) is 1. The summed E-state index contributed by atoms with van der Waals surface area (Å²) >= 11 is 3.19. The third kappa shape index (κ3) is 2.21. The first-order valence-corrected chi connectivity index (χ1v) is 5.52. The number of aromatic nitrogens is 2. The average Bonchev–Trinajstić information content (AvgIpc) is 2.17. The van der Waals surface area contributed by atoms with Crippen molar-refractivity contribution in [2.45, 2.75) is 25.0 Å². The second-order valence-corrected chi connectivity index (χ2v) is 4.36. The molecule has 6 heteroatoms. The predicted molar refractivity (Wildman–Crippen MR) is 60.0 cm³/mol. The molecular formula is C9H12BrN3O2. The van der Waals surface area contributed by atoms with Crippen molar-refractivity contribution >= 4 is 21.7 Å². The smallest absolute Gasteiger partial charge is 0.267 e. The summed E-state index contributed by atoms with van der Waals surface area (Å²) in [6.45, 7) is 0. The Morgan fingerprint density at radius 2 is 2.40 bits per heavy atom. The van der Waals surface area contributed by atoms with E-state index in [1.54, 1.807) is 7.11 Å². The van der Waals surface area contributed by atoms with Crippen molar-refractivity contribution in [1.29, 1.82) is 0 Å². The molecule has 1 aliphatic carbocycles. The van der Waals surface area contributed by atoms with E-state index < -0.39 is 0 Å². The van der Waals surface area contributed by atoms with Gasteiger partial charge in [0.1, 0.15) is 10.3 Å². The molecule has 1 aromatic heterocycles. The van der Waals surface area contributed by atoms with Crippen molar-refractivity contribution in [2.24, 2.45) is 0 Å². The molecule has 1 aromatic rings. The number of nitrogens with one attached hydrogen (secondary N) is 2. The van der Waals surface area contributed by atoms with Gasteiger partial charge >= 0.3 is 0 Å². The minimum atomic E-state index is -0.171. The van der Waals surface area contributed by atoms with Crippen LogP contribution in [0.5, 0.6) is 0 Å². The molecule has 0 saturated heterocycles. The standard InChI is InChI=1S/C9H12BrN3O2/c1-15-6-2-5(3-6)13-8-7(10)9(14)12-4-11-8/h4-6H,2-3H2,1H3,(H2,11,12,13,14). The fourth-order valence-corrected chi connectivity index (χ4v) is 1.88. The number of hydrogen-bond donors (Lipinski definition) is 2. The van der Waals surface area contributed by atoms with E-state index >= 15 is 0 Å². The predicted octanol–water partition coefficient (Wildman–Crippen LogP) is 1.12. The van der Waals surface area contributed by atoms with E-state index in [1.165, 1.54) is 6.33 Å². The zero-order chi connectivity index (χ0) is 10.8. The van der Waals surface area contributed by atoms with E-state index in [4.69, 9.17) is 4.74 Å². The van der Waals surface area contributed by atoms with Crippen LogP contribution in [0.15, 0.2) is 15.6 Å². The number of anilines is 1. The molecule has 15 heavy (non-hydrogen) atoms. The molecule has 0 unspecified atom stereocenters. The molecule has 82 valence electrons. The molecule has 1 heterocycles. The molecule has 5 nitrogen and oxygen atoms in total. The Balaban J connectivity index is 2.00. The molecule has 1 fully saturated rings. The molecule has 0 bridgehead atoms. The number of hydrogen-bond acceptors (Lipinski definition) is 4. The van der Waals surface area contributed by atoms with Crippen LogP contribution in [0.3, 0.4) is 0 Å². The molecule has 1 saturated carbocycles. The third-order valence-corrected chi connectivity index (χ3v) is 3.30. The summed E-state index contributed by atoms with van der Waals surface area (Å²) in [5, 5.41) is 3.19. The summed E-state index contributed by atoms with van der Waals surface area (Å²) in [5.74, 6) is 0.596. The van der Waals surface area contributed by atoms with Crippen LogP contribution in [-0.4, -0.2) is 29.2 Å². The van der Waals surface area contributed by atoms with E-state index in [0.717, 1.165) is 12.8 Å². The molecule has 2 rings (SSSR count). The summed E-state index contributed by atoms with van der Waals surface area (Å²) in [6.07, 6.45) is 3.64. The lowest BCUT2D eigenvalue weighted by Gasteiger charge is -2.34. The van der Waals surface area contributed by atoms with E-state index in [1.807, 2.05) is 0 Å². The summed E-state index contributed by atoms with van der Waals surface area (Å²) in [4.78, 5) is 17.8. The maximum Gasteiger partial charge on any atom is 0.267 e. The molecule has 1 aliphatic rings. The summed E-state index contributed by atoms with van der Waals surface area (Å²) < 4.78 is 5.62. The van der Waals surface area contributed by atoms with Crippen LogP contribution in [0.2, 0.25) is 0 Å². The number of methoxy groups -OCH3 is 1. The van der Waals surface area contributed by atoms with Gasteiger partial charge in [-0.2, -0.15) is 0 Å². The van der Waals surface area contributed by atoms with Gasteiger partial charge in [-0.1, -0.05) is 0 Å². The van der Waals surface area contributed by atoms with Crippen LogP contribution in [0, 0.1) is 0 Å². The Labute approximate surface area is 95.4 Å². The number of nitrogens with zero attached hydrogens (tertiary/aromatic N) is 1. The van der Waals surface area contributed by atoms with Crippen LogP contribution in [0.25, 0.3) is 0 Å². The SMILES string of the molecule is COC1CC(Nc2nc[nH]c(=O)c2Br)C1. The number of aromatic amines is 1. The molecule has 0 spiro atoms. The molecule has 2 N–H and O–H groups in total. The van der Waals surface area contributed by atoms with Crippen molar-refractivity contribution in [3.05, 3.63) is 21.2 Å². The highest BCUT2D eigenvalue weighted by molar-refractivity contribution is 9.10. The first kappa shape index (κ1) is 10.6. The number of H-pyrrole nitrogens is 1. The highest BCUT2D eigenvalue weighted by Gasteiger charge is 2.29. The van der Waals surface area contributed by atoms with Gasteiger partial charge in [0.25, 0.3) is 5.56 Å². The third-order valence-electron chi connectivity index (χ3n) is 2.57. The Morgan fingerprint density at radius 1 is 1.67 bits per heavy atom. The molecule has 0 amide bonds. The van der Waals surface area contributed by atoms with Gasteiger partial charge < -0.3 is 15.0 Å². The van der Waals surface area contributed by atoms with Crippen molar-refractivity contribution in [3.8, 4) is 0 Å². The lowest BCUT2D eigenvalue weighted by atomic mass is 9.89. The normalized spacial score (nSPS) is 24.7. The van der Waals surface area contributed by atoms with Gasteiger partial charge in [-0.3, -0.25) is 4.79 Å². The number of halogens is 1. The maximum absolute atomic E-state index is 11.2. The van der Waals surface area contributed by atoms with Crippen LogP contribution < -0.4 is 10.9 Å². The highest BCUT2D eigenvalue weighted by Crippen LogP contribution is 2.27. The minimum Gasteiger partial charge on any atom is -0.381 e.